The predicted molar refractivity (Wildman–Crippen MR) is 61.7 cm³/mol. The van der Waals surface area contributed by atoms with Crippen LogP contribution in [0.4, 0.5) is 0 Å². The molecule has 1 saturated carbocycles. The van der Waals surface area contributed by atoms with E-state index in [1.807, 2.05) is 6.92 Å². The molecule has 0 unspecified atom stereocenters. The Bertz CT molecular complexity index is 183. The van der Waals surface area contributed by atoms with Gasteiger partial charge in [0.05, 0.1) is 6.10 Å². The van der Waals surface area contributed by atoms with Crippen molar-refractivity contribution in [1.82, 2.24) is 0 Å². The minimum atomic E-state index is -0.397. The molecule has 1 N–H and O–H groups in total. The first-order chi connectivity index (χ1) is 7.22. The highest BCUT2D eigenvalue weighted by Crippen LogP contribution is 2.27. The summed E-state index contributed by atoms with van der Waals surface area (Å²) >= 11 is 0. The highest BCUT2D eigenvalue weighted by atomic mass is 16.3. The Labute approximate surface area is 93.1 Å². The van der Waals surface area contributed by atoms with Gasteiger partial charge < -0.3 is 5.11 Å². The number of rotatable bonds is 6. The zero-order valence-corrected chi connectivity index (χ0v) is 9.87. The summed E-state index contributed by atoms with van der Waals surface area (Å²) in [6.45, 7) is 2.04. The topological polar surface area (TPSA) is 37.3 Å². The molecule has 0 aliphatic heterocycles. The molecular formula is C13H24O2. The number of carbonyl (C=O) groups is 1. The van der Waals surface area contributed by atoms with Gasteiger partial charge in [0.15, 0.2) is 0 Å². The third-order valence-corrected chi connectivity index (χ3v) is 3.33. The van der Waals surface area contributed by atoms with Gasteiger partial charge in [0.2, 0.25) is 0 Å². The highest BCUT2D eigenvalue weighted by Gasteiger charge is 2.18. The minimum Gasteiger partial charge on any atom is -0.393 e. The Balaban J connectivity index is 2.16. The van der Waals surface area contributed by atoms with Gasteiger partial charge in [-0.2, -0.15) is 0 Å². The van der Waals surface area contributed by atoms with Crippen LogP contribution in [0.3, 0.4) is 0 Å². The lowest BCUT2D eigenvalue weighted by atomic mass is 9.85. The van der Waals surface area contributed by atoms with Gasteiger partial charge >= 0.3 is 0 Å². The van der Waals surface area contributed by atoms with Crippen molar-refractivity contribution in [2.75, 3.05) is 0 Å². The Morgan fingerprint density at radius 3 is 2.60 bits per heavy atom. The summed E-state index contributed by atoms with van der Waals surface area (Å²) in [5, 5.41) is 9.53. The lowest BCUT2D eigenvalue weighted by molar-refractivity contribution is -0.122. The molecule has 0 saturated heterocycles. The standard InChI is InChI=1S/C13H24O2/c1-2-6-12(14)10-13(15)9-11-7-4-3-5-8-11/h11-12,14H,2-10H2,1H3/t12-/m0/s1. The summed E-state index contributed by atoms with van der Waals surface area (Å²) in [6.07, 6.45) is 8.75. The maximum Gasteiger partial charge on any atom is 0.135 e. The molecule has 15 heavy (non-hydrogen) atoms. The van der Waals surface area contributed by atoms with Crippen molar-refractivity contribution >= 4 is 5.78 Å². The Kier molecular flexibility index (Phi) is 5.92. The van der Waals surface area contributed by atoms with Gasteiger partial charge in [-0.05, 0) is 12.3 Å². The molecule has 0 heterocycles. The molecule has 88 valence electrons. The summed E-state index contributed by atoms with van der Waals surface area (Å²) in [4.78, 5) is 11.6. The molecule has 1 fully saturated rings. The van der Waals surface area contributed by atoms with E-state index in [0.717, 1.165) is 12.8 Å². The van der Waals surface area contributed by atoms with Gasteiger partial charge in [0, 0.05) is 12.8 Å². The molecule has 0 bridgehead atoms. The van der Waals surface area contributed by atoms with Crippen LogP contribution < -0.4 is 0 Å². The van der Waals surface area contributed by atoms with Crippen molar-refractivity contribution in [3.63, 3.8) is 0 Å². The zero-order valence-electron chi connectivity index (χ0n) is 9.87. The van der Waals surface area contributed by atoms with Crippen LogP contribution in [0.15, 0.2) is 0 Å². The first kappa shape index (κ1) is 12.7. The smallest absolute Gasteiger partial charge is 0.135 e. The van der Waals surface area contributed by atoms with Gasteiger partial charge in [-0.15, -0.1) is 0 Å². The van der Waals surface area contributed by atoms with Gasteiger partial charge in [-0.3, -0.25) is 4.79 Å². The molecule has 2 heteroatoms. The highest BCUT2D eigenvalue weighted by molar-refractivity contribution is 5.79. The second-order valence-electron chi connectivity index (χ2n) is 4.89. The van der Waals surface area contributed by atoms with Gasteiger partial charge in [0.25, 0.3) is 0 Å². The van der Waals surface area contributed by atoms with Crippen LogP contribution in [-0.4, -0.2) is 17.0 Å². The lowest BCUT2D eigenvalue weighted by Crippen LogP contribution is -2.17. The first-order valence-electron chi connectivity index (χ1n) is 6.42. The fourth-order valence-corrected chi connectivity index (χ4v) is 2.49. The van der Waals surface area contributed by atoms with E-state index in [1.54, 1.807) is 0 Å². The van der Waals surface area contributed by atoms with Crippen molar-refractivity contribution < 1.29 is 9.90 Å². The van der Waals surface area contributed by atoms with Crippen molar-refractivity contribution in [2.45, 2.75) is 70.8 Å². The van der Waals surface area contributed by atoms with E-state index >= 15 is 0 Å². The van der Waals surface area contributed by atoms with Crippen molar-refractivity contribution in [1.29, 1.82) is 0 Å². The maximum atomic E-state index is 11.6. The number of hydrogen-bond donors (Lipinski definition) is 1. The molecule has 1 atom stereocenters. The van der Waals surface area contributed by atoms with Crippen LogP contribution in [0.1, 0.15) is 64.7 Å². The summed E-state index contributed by atoms with van der Waals surface area (Å²) < 4.78 is 0. The molecule has 0 aromatic rings. The Morgan fingerprint density at radius 1 is 1.33 bits per heavy atom. The summed E-state index contributed by atoms with van der Waals surface area (Å²) in [5.41, 5.74) is 0. The second kappa shape index (κ2) is 7.00. The van der Waals surface area contributed by atoms with E-state index in [9.17, 15) is 9.90 Å². The Morgan fingerprint density at radius 2 is 2.00 bits per heavy atom. The van der Waals surface area contributed by atoms with Crippen LogP contribution in [0.5, 0.6) is 0 Å². The van der Waals surface area contributed by atoms with E-state index in [1.165, 1.54) is 32.1 Å². The molecule has 0 aromatic carbocycles. The van der Waals surface area contributed by atoms with E-state index in [2.05, 4.69) is 0 Å². The molecule has 0 spiro atoms. The van der Waals surface area contributed by atoms with Gasteiger partial charge in [0.1, 0.15) is 5.78 Å². The lowest BCUT2D eigenvalue weighted by Gasteiger charge is -2.21. The summed E-state index contributed by atoms with van der Waals surface area (Å²) in [5.74, 6) is 0.878. The van der Waals surface area contributed by atoms with Crippen LogP contribution in [0, 0.1) is 5.92 Å². The van der Waals surface area contributed by atoms with Crippen LogP contribution >= 0.6 is 0 Å². The van der Waals surface area contributed by atoms with E-state index in [4.69, 9.17) is 0 Å². The van der Waals surface area contributed by atoms with Crippen molar-refractivity contribution in [2.24, 2.45) is 5.92 Å². The predicted octanol–water partition coefficient (Wildman–Crippen LogP) is 3.08. The zero-order chi connectivity index (χ0) is 11.1. The normalized spacial score (nSPS) is 20.1. The molecular weight excluding hydrogens is 188 g/mol. The van der Waals surface area contributed by atoms with Crippen molar-refractivity contribution in [3.05, 3.63) is 0 Å². The number of hydrogen-bond acceptors (Lipinski definition) is 2. The average molecular weight is 212 g/mol. The number of aliphatic hydroxyl groups excluding tert-OH is 1. The van der Waals surface area contributed by atoms with Gasteiger partial charge in [-0.1, -0.05) is 45.4 Å². The molecule has 1 rings (SSSR count). The monoisotopic (exact) mass is 212 g/mol. The molecule has 0 radical (unpaired) electrons. The fraction of sp³-hybridized carbons (Fsp3) is 0.923. The maximum absolute atomic E-state index is 11.6. The third-order valence-electron chi connectivity index (χ3n) is 3.33. The summed E-state index contributed by atoms with van der Waals surface area (Å²) in [6, 6.07) is 0. The van der Waals surface area contributed by atoms with Crippen molar-refractivity contribution in [3.8, 4) is 0 Å². The SMILES string of the molecule is CCC[C@H](O)CC(=O)CC1CCCCC1. The van der Waals surface area contributed by atoms with E-state index < -0.39 is 6.10 Å². The molecule has 0 amide bonds. The second-order valence-corrected chi connectivity index (χ2v) is 4.89. The number of Topliss-reactive ketones (excluding diaryl/α,β-unsaturated/α-hetero) is 1. The molecule has 2 nitrogen and oxygen atoms in total. The van der Waals surface area contributed by atoms with Crippen LogP contribution in [-0.2, 0) is 4.79 Å². The quantitative estimate of drug-likeness (QED) is 0.734. The van der Waals surface area contributed by atoms with E-state index in [0.29, 0.717) is 18.8 Å². The fourth-order valence-electron chi connectivity index (χ4n) is 2.49. The Hall–Kier alpha value is -0.370. The average Bonchev–Trinajstić information content (AvgIpc) is 2.19. The minimum absolute atomic E-state index is 0.267. The van der Waals surface area contributed by atoms with Crippen LogP contribution in [0.2, 0.25) is 0 Å². The number of carbonyl (C=O) groups excluding carboxylic acids is 1. The van der Waals surface area contributed by atoms with Gasteiger partial charge in [-0.25, -0.2) is 0 Å². The summed E-state index contributed by atoms with van der Waals surface area (Å²) in [7, 11) is 0. The number of ketones is 1. The third kappa shape index (κ3) is 5.31. The first-order valence-corrected chi connectivity index (χ1v) is 6.42. The molecule has 1 aliphatic carbocycles. The largest absolute Gasteiger partial charge is 0.393 e. The number of aliphatic hydroxyl groups is 1. The molecule has 1 aliphatic rings. The van der Waals surface area contributed by atoms with Crippen LogP contribution in [0.25, 0.3) is 0 Å². The van der Waals surface area contributed by atoms with E-state index in [-0.39, 0.29) is 5.78 Å². The molecule has 0 aromatic heterocycles.